The first-order chi connectivity index (χ1) is 12.0. The van der Waals surface area contributed by atoms with Gasteiger partial charge < -0.3 is 10.5 Å². The van der Waals surface area contributed by atoms with E-state index in [0.29, 0.717) is 24.6 Å². The minimum atomic E-state index is -3.59. The molecule has 144 valence electrons. The molecule has 0 amide bonds. The second kappa shape index (κ2) is 8.67. The smallest absolute Gasteiger partial charge is 0.348 e. The molecule has 0 spiro atoms. The number of ether oxygens (including phenoxy) is 1. The molecule has 1 fully saturated rings. The van der Waals surface area contributed by atoms with Crippen molar-refractivity contribution in [2.24, 2.45) is 5.73 Å². The zero-order chi connectivity index (χ0) is 18.0. The number of esters is 1. The normalized spacial score (nSPS) is 18.5. The topological polar surface area (TPSA) is 89.7 Å². The minimum Gasteiger partial charge on any atom is -0.462 e. The molecule has 1 aliphatic heterocycles. The molecule has 6 nitrogen and oxygen atoms in total. The molecular weight excluding hydrogens is 396 g/mol. The third-order valence-electron chi connectivity index (χ3n) is 4.42. The Morgan fingerprint density at radius 1 is 1.35 bits per heavy atom. The van der Waals surface area contributed by atoms with E-state index < -0.39 is 10.0 Å². The van der Waals surface area contributed by atoms with Crippen LogP contribution in [0.1, 0.15) is 35.9 Å². The molecule has 1 unspecified atom stereocenters. The van der Waals surface area contributed by atoms with Gasteiger partial charge in [0.1, 0.15) is 4.88 Å². The summed E-state index contributed by atoms with van der Waals surface area (Å²) in [4.78, 5) is 12.6. The SMILES string of the molecule is CCOC(=O)c1cc2cc(S(=O)(=O)N3CCCCC3CN)ccc2s1.Cl. The number of nitrogens with two attached hydrogens (primary N) is 1. The highest BCUT2D eigenvalue weighted by molar-refractivity contribution is 7.89. The highest BCUT2D eigenvalue weighted by Crippen LogP contribution is 2.31. The van der Waals surface area contributed by atoms with Crippen molar-refractivity contribution < 1.29 is 17.9 Å². The molecule has 2 N–H and O–H groups in total. The summed E-state index contributed by atoms with van der Waals surface area (Å²) in [7, 11) is -3.59. The Hall–Kier alpha value is -1.19. The monoisotopic (exact) mass is 418 g/mol. The predicted molar refractivity (Wildman–Crippen MR) is 106 cm³/mol. The van der Waals surface area contributed by atoms with Gasteiger partial charge in [-0.25, -0.2) is 13.2 Å². The molecule has 1 aliphatic rings. The van der Waals surface area contributed by atoms with Gasteiger partial charge in [-0.15, -0.1) is 23.7 Å². The van der Waals surface area contributed by atoms with Crippen LogP contribution < -0.4 is 5.73 Å². The van der Waals surface area contributed by atoms with Gasteiger partial charge in [0.15, 0.2) is 0 Å². The Morgan fingerprint density at radius 3 is 2.81 bits per heavy atom. The second-order valence-corrected chi connectivity index (χ2v) is 9.01. The van der Waals surface area contributed by atoms with Crippen molar-refractivity contribution in [3.8, 4) is 0 Å². The third kappa shape index (κ3) is 4.04. The summed E-state index contributed by atoms with van der Waals surface area (Å²) in [6.07, 6.45) is 2.65. The van der Waals surface area contributed by atoms with E-state index in [2.05, 4.69) is 0 Å². The largest absolute Gasteiger partial charge is 0.462 e. The predicted octanol–water partition coefficient (Wildman–Crippen LogP) is 3.00. The van der Waals surface area contributed by atoms with Gasteiger partial charge in [0.2, 0.25) is 10.0 Å². The second-order valence-electron chi connectivity index (χ2n) is 6.03. The van der Waals surface area contributed by atoms with Crippen LogP contribution >= 0.6 is 23.7 Å². The Kier molecular flexibility index (Phi) is 7.04. The quantitative estimate of drug-likeness (QED) is 0.754. The van der Waals surface area contributed by atoms with Gasteiger partial charge in [-0.1, -0.05) is 6.42 Å². The number of hydrogen-bond acceptors (Lipinski definition) is 6. The fraction of sp³-hybridized carbons (Fsp3) is 0.471. The summed E-state index contributed by atoms with van der Waals surface area (Å²) >= 11 is 1.30. The first-order valence-corrected chi connectivity index (χ1v) is 10.7. The van der Waals surface area contributed by atoms with Gasteiger partial charge in [0.25, 0.3) is 0 Å². The van der Waals surface area contributed by atoms with Crippen LogP contribution in [0.4, 0.5) is 0 Å². The average Bonchev–Trinajstić information content (AvgIpc) is 3.05. The molecule has 1 saturated heterocycles. The van der Waals surface area contributed by atoms with Crippen LogP contribution in [0, 0.1) is 0 Å². The number of carbonyl (C=O) groups is 1. The summed E-state index contributed by atoms with van der Waals surface area (Å²) in [6.45, 7) is 2.89. The van der Waals surface area contributed by atoms with E-state index in [4.69, 9.17) is 10.5 Å². The van der Waals surface area contributed by atoms with E-state index in [1.54, 1.807) is 31.2 Å². The van der Waals surface area contributed by atoms with Gasteiger partial charge in [0, 0.05) is 23.8 Å². The standard InChI is InChI=1S/C17H22N2O4S2.ClH/c1-2-23-17(20)16-10-12-9-14(6-7-15(12)24-16)25(21,22)19-8-4-3-5-13(19)11-18;/h6-7,9-10,13H,2-5,8,11,18H2,1H3;1H. The van der Waals surface area contributed by atoms with Gasteiger partial charge in [-0.3, -0.25) is 0 Å². The summed E-state index contributed by atoms with van der Waals surface area (Å²) in [5.41, 5.74) is 5.77. The summed E-state index contributed by atoms with van der Waals surface area (Å²) < 4.78 is 33.4. The van der Waals surface area contributed by atoms with Gasteiger partial charge in [0.05, 0.1) is 11.5 Å². The van der Waals surface area contributed by atoms with Crippen molar-refractivity contribution in [3.63, 3.8) is 0 Å². The summed E-state index contributed by atoms with van der Waals surface area (Å²) in [5.74, 6) is -0.382. The molecular formula is C17H23ClN2O4S2. The fourth-order valence-corrected chi connectivity index (χ4v) is 5.82. The number of carbonyl (C=O) groups excluding carboxylic acids is 1. The lowest BCUT2D eigenvalue weighted by Crippen LogP contribution is -2.47. The maximum absolute atomic E-state index is 13.0. The number of nitrogens with zero attached hydrogens (tertiary/aromatic N) is 1. The molecule has 2 heterocycles. The number of fused-ring (bicyclic) bond motifs is 1. The van der Waals surface area contributed by atoms with Crippen molar-refractivity contribution in [1.82, 2.24) is 4.31 Å². The maximum Gasteiger partial charge on any atom is 0.348 e. The van der Waals surface area contributed by atoms with Crippen molar-refractivity contribution in [1.29, 1.82) is 0 Å². The van der Waals surface area contributed by atoms with Crippen LogP contribution in [0.25, 0.3) is 10.1 Å². The zero-order valence-corrected chi connectivity index (χ0v) is 17.0. The molecule has 0 saturated carbocycles. The molecule has 2 aromatic rings. The average molecular weight is 419 g/mol. The van der Waals surface area contributed by atoms with E-state index >= 15 is 0 Å². The lowest BCUT2D eigenvalue weighted by molar-refractivity contribution is 0.0532. The van der Waals surface area contributed by atoms with E-state index in [1.165, 1.54) is 15.6 Å². The van der Waals surface area contributed by atoms with E-state index in [1.807, 2.05) is 0 Å². The number of piperidine rings is 1. The Morgan fingerprint density at radius 2 is 2.12 bits per heavy atom. The van der Waals surface area contributed by atoms with Crippen molar-refractivity contribution >= 4 is 49.8 Å². The molecule has 1 aromatic carbocycles. The molecule has 0 aliphatic carbocycles. The molecule has 26 heavy (non-hydrogen) atoms. The lowest BCUT2D eigenvalue weighted by atomic mass is 10.1. The van der Waals surface area contributed by atoms with Gasteiger partial charge in [-0.05, 0) is 49.4 Å². The van der Waals surface area contributed by atoms with Gasteiger partial charge >= 0.3 is 5.97 Å². The number of sulfonamides is 1. The van der Waals surface area contributed by atoms with Crippen LogP contribution in [0.2, 0.25) is 0 Å². The molecule has 1 aromatic heterocycles. The van der Waals surface area contributed by atoms with Crippen LogP contribution in [0.15, 0.2) is 29.2 Å². The molecule has 9 heteroatoms. The molecule has 3 rings (SSSR count). The number of thiophene rings is 1. The first-order valence-electron chi connectivity index (χ1n) is 8.40. The van der Waals surface area contributed by atoms with Crippen molar-refractivity contribution in [3.05, 3.63) is 29.1 Å². The van der Waals surface area contributed by atoms with Crippen molar-refractivity contribution in [2.75, 3.05) is 19.7 Å². The zero-order valence-electron chi connectivity index (χ0n) is 14.5. The van der Waals surface area contributed by atoms with E-state index in [-0.39, 0.29) is 29.3 Å². The lowest BCUT2D eigenvalue weighted by Gasteiger charge is -2.33. The van der Waals surface area contributed by atoms with Crippen LogP contribution in [0.5, 0.6) is 0 Å². The molecule has 0 bridgehead atoms. The Bertz CT molecular complexity index is 882. The minimum absolute atomic E-state index is 0. The van der Waals surface area contributed by atoms with Crippen LogP contribution in [-0.4, -0.2) is 44.4 Å². The van der Waals surface area contributed by atoms with Crippen molar-refractivity contribution in [2.45, 2.75) is 37.1 Å². The van der Waals surface area contributed by atoms with E-state index in [9.17, 15) is 13.2 Å². The summed E-state index contributed by atoms with van der Waals surface area (Å²) in [6, 6.07) is 6.52. The third-order valence-corrected chi connectivity index (χ3v) is 7.46. The highest BCUT2D eigenvalue weighted by Gasteiger charge is 2.32. The highest BCUT2D eigenvalue weighted by atomic mass is 35.5. The number of hydrogen-bond donors (Lipinski definition) is 1. The van der Waals surface area contributed by atoms with Crippen LogP contribution in [0.3, 0.4) is 0 Å². The van der Waals surface area contributed by atoms with E-state index in [0.717, 1.165) is 29.3 Å². The Labute approximate surface area is 163 Å². The number of benzene rings is 1. The first kappa shape index (κ1) is 21.1. The fourth-order valence-electron chi connectivity index (χ4n) is 3.15. The maximum atomic E-state index is 13.0. The number of rotatable bonds is 5. The molecule has 0 radical (unpaired) electrons. The Balaban J connectivity index is 0.00000243. The molecule has 1 atom stereocenters. The van der Waals surface area contributed by atoms with Crippen LogP contribution in [-0.2, 0) is 14.8 Å². The number of halogens is 1. The summed E-state index contributed by atoms with van der Waals surface area (Å²) in [5, 5.41) is 0.732. The van der Waals surface area contributed by atoms with Gasteiger partial charge in [-0.2, -0.15) is 4.31 Å².